The first-order valence-electron chi connectivity index (χ1n) is 10.0. The Balaban J connectivity index is 1.68. The van der Waals surface area contributed by atoms with Crippen molar-refractivity contribution in [2.45, 2.75) is 78.2 Å². The topological polar surface area (TPSA) is 29.5 Å². The summed E-state index contributed by atoms with van der Waals surface area (Å²) in [5, 5.41) is 10.1. The second-order valence-electron chi connectivity index (χ2n) is 9.39. The summed E-state index contributed by atoms with van der Waals surface area (Å²) in [7, 11) is 1.83. The Bertz CT molecular complexity index is 589. The van der Waals surface area contributed by atoms with Crippen molar-refractivity contribution in [3.05, 3.63) is 23.0 Å². The standard InChI is InChI=1S/C22H34O2/c1-14(24-4)18-7-8-19-17-6-5-15-13-16(23)9-11-21(15,2)20(17)10-12-22(18,19)3/h5,16-17,19-20,23H,6-13H2,1-4H3/b18-14+. The van der Waals surface area contributed by atoms with Gasteiger partial charge in [0.15, 0.2) is 0 Å². The van der Waals surface area contributed by atoms with Crippen molar-refractivity contribution in [3.8, 4) is 0 Å². The third-order valence-corrected chi connectivity index (χ3v) is 8.59. The van der Waals surface area contributed by atoms with Gasteiger partial charge in [0, 0.05) is 0 Å². The van der Waals surface area contributed by atoms with E-state index in [1.54, 1.807) is 11.1 Å². The van der Waals surface area contributed by atoms with Crippen LogP contribution in [0.5, 0.6) is 0 Å². The van der Waals surface area contributed by atoms with Gasteiger partial charge in [-0.3, -0.25) is 0 Å². The van der Waals surface area contributed by atoms with Gasteiger partial charge in [0.05, 0.1) is 19.0 Å². The fourth-order valence-electron chi connectivity index (χ4n) is 7.16. The summed E-state index contributed by atoms with van der Waals surface area (Å²) >= 11 is 0. The summed E-state index contributed by atoms with van der Waals surface area (Å²) in [6, 6.07) is 0. The summed E-state index contributed by atoms with van der Waals surface area (Å²) < 4.78 is 5.64. The van der Waals surface area contributed by atoms with Crippen molar-refractivity contribution in [1.29, 1.82) is 0 Å². The lowest BCUT2D eigenvalue weighted by Gasteiger charge is -2.57. The third-order valence-electron chi connectivity index (χ3n) is 8.59. The Morgan fingerprint density at radius 2 is 1.83 bits per heavy atom. The first-order chi connectivity index (χ1) is 11.4. The van der Waals surface area contributed by atoms with Gasteiger partial charge in [0.2, 0.25) is 0 Å². The van der Waals surface area contributed by atoms with Crippen molar-refractivity contribution >= 4 is 0 Å². The molecule has 0 radical (unpaired) electrons. The molecule has 6 atom stereocenters. The van der Waals surface area contributed by atoms with Crippen LogP contribution in [-0.2, 0) is 4.74 Å². The van der Waals surface area contributed by atoms with Crippen LogP contribution in [0.2, 0.25) is 0 Å². The van der Waals surface area contributed by atoms with E-state index >= 15 is 0 Å². The van der Waals surface area contributed by atoms with E-state index in [1.165, 1.54) is 44.3 Å². The number of hydrogen-bond donors (Lipinski definition) is 1. The average molecular weight is 331 g/mol. The quantitative estimate of drug-likeness (QED) is 0.527. The van der Waals surface area contributed by atoms with Gasteiger partial charge in [-0.1, -0.05) is 25.5 Å². The fourth-order valence-corrected chi connectivity index (χ4v) is 7.16. The van der Waals surface area contributed by atoms with E-state index in [0.717, 1.165) is 30.6 Å². The minimum atomic E-state index is -0.0971. The highest BCUT2D eigenvalue weighted by molar-refractivity contribution is 5.30. The molecular formula is C22H34O2. The molecule has 3 fully saturated rings. The van der Waals surface area contributed by atoms with Crippen LogP contribution < -0.4 is 0 Å². The molecule has 3 saturated carbocycles. The van der Waals surface area contributed by atoms with Crippen molar-refractivity contribution < 1.29 is 9.84 Å². The summed E-state index contributed by atoms with van der Waals surface area (Å²) in [6.45, 7) is 7.19. The maximum atomic E-state index is 10.1. The molecule has 4 aliphatic carbocycles. The number of rotatable bonds is 1. The first-order valence-corrected chi connectivity index (χ1v) is 10.0. The van der Waals surface area contributed by atoms with Gasteiger partial charge in [-0.2, -0.15) is 0 Å². The molecule has 0 aliphatic heterocycles. The predicted molar refractivity (Wildman–Crippen MR) is 97.4 cm³/mol. The van der Waals surface area contributed by atoms with Gasteiger partial charge in [-0.15, -0.1) is 0 Å². The molecule has 24 heavy (non-hydrogen) atoms. The molecule has 2 nitrogen and oxygen atoms in total. The zero-order chi connectivity index (χ0) is 17.1. The smallest absolute Gasteiger partial charge is 0.0922 e. The van der Waals surface area contributed by atoms with Crippen LogP contribution in [0.15, 0.2) is 23.0 Å². The van der Waals surface area contributed by atoms with Gasteiger partial charge >= 0.3 is 0 Å². The normalized spacial score (nSPS) is 49.6. The monoisotopic (exact) mass is 330 g/mol. The second-order valence-corrected chi connectivity index (χ2v) is 9.39. The van der Waals surface area contributed by atoms with E-state index in [9.17, 15) is 5.11 Å². The molecule has 4 aliphatic rings. The van der Waals surface area contributed by atoms with Gasteiger partial charge < -0.3 is 9.84 Å². The largest absolute Gasteiger partial charge is 0.501 e. The molecule has 134 valence electrons. The molecule has 6 unspecified atom stereocenters. The Morgan fingerprint density at radius 1 is 1.12 bits per heavy atom. The second kappa shape index (κ2) is 5.62. The fraction of sp³-hybridized carbons (Fsp3) is 0.818. The maximum Gasteiger partial charge on any atom is 0.0922 e. The molecule has 0 aromatic carbocycles. The molecule has 0 aromatic rings. The highest BCUT2D eigenvalue weighted by atomic mass is 16.5. The predicted octanol–water partition coefficient (Wildman–Crippen LogP) is 5.23. The Kier molecular flexibility index (Phi) is 3.91. The number of ether oxygens (including phenoxy) is 1. The zero-order valence-electron chi connectivity index (χ0n) is 15.9. The minimum absolute atomic E-state index is 0.0971. The van der Waals surface area contributed by atoms with E-state index < -0.39 is 0 Å². The van der Waals surface area contributed by atoms with Crippen LogP contribution in [0.1, 0.15) is 72.1 Å². The van der Waals surface area contributed by atoms with E-state index in [4.69, 9.17) is 4.74 Å². The van der Waals surface area contributed by atoms with Crippen LogP contribution in [-0.4, -0.2) is 18.3 Å². The number of aliphatic hydroxyl groups is 1. The maximum absolute atomic E-state index is 10.1. The van der Waals surface area contributed by atoms with Crippen LogP contribution >= 0.6 is 0 Å². The molecule has 0 aromatic heterocycles. The molecule has 0 heterocycles. The Morgan fingerprint density at radius 3 is 2.58 bits per heavy atom. The van der Waals surface area contributed by atoms with Crippen molar-refractivity contribution in [2.75, 3.05) is 7.11 Å². The number of aliphatic hydroxyl groups excluding tert-OH is 1. The summed E-state index contributed by atoms with van der Waals surface area (Å²) in [6.07, 6.45) is 12.0. The van der Waals surface area contributed by atoms with Crippen LogP contribution in [0.4, 0.5) is 0 Å². The summed E-state index contributed by atoms with van der Waals surface area (Å²) in [5.41, 5.74) is 3.89. The molecule has 2 heteroatoms. The van der Waals surface area contributed by atoms with E-state index in [2.05, 4.69) is 26.8 Å². The SMILES string of the molecule is CO/C(C)=C1\CCC2C3CC=C4CC(O)CCC4(C)C3CCC12C. The molecule has 0 bridgehead atoms. The Hall–Kier alpha value is -0.760. The lowest BCUT2D eigenvalue weighted by Crippen LogP contribution is -2.49. The Labute approximate surface area is 147 Å². The van der Waals surface area contributed by atoms with Gasteiger partial charge in [-0.05, 0) is 92.4 Å². The first kappa shape index (κ1) is 16.7. The van der Waals surface area contributed by atoms with Crippen LogP contribution in [0.25, 0.3) is 0 Å². The number of methoxy groups -OCH3 is 1. The van der Waals surface area contributed by atoms with Gasteiger partial charge in [0.25, 0.3) is 0 Å². The number of fused-ring (bicyclic) bond motifs is 5. The van der Waals surface area contributed by atoms with Crippen molar-refractivity contribution in [2.24, 2.45) is 28.6 Å². The molecule has 0 amide bonds. The third kappa shape index (κ3) is 2.18. The molecule has 1 N–H and O–H groups in total. The van der Waals surface area contributed by atoms with Gasteiger partial charge in [0.1, 0.15) is 0 Å². The molecule has 4 rings (SSSR count). The molecular weight excluding hydrogens is 296 g/mol. The number of hydrogen-bond acceptors (Lipinski definition) is 2. The van der Waals surface area contributed by atoms with Crippen molar-refractivity contribution in [1.82, 2.24) is 0 Å². The lowest BCUT2D eigenvalue weighted by atomic mass is 9.48. The van der Waals surface area contributed by atoms with E-state index in [-0.39, 0.29) is 6.10 Å². The molecule has 0 saturated heterocycles. The highest BCUT2D eigenvalue weighted by Crippen LogP contribution is 2.66. The summed E-state index contributed by atoms with van der Waals surface area (Å²) in [5.74, 6) is 3.65. The average Bonchev–Trinajstić information content (AvgIpc) is 2.92. The van der Waals surface area contributed by atoms with Gasteiger partial charge in [-0.25, -0.2) is 0 Å². The summed E-state index contributed by atoms with van der Waals surface area (Å²) in [4.78, 5) is 0. The van der Waals surface area contributed by atoms with E-state index in [0.29, 0.717) is 10.8 Å². The lowest BCUT2D eigenvalue weighted by molar-refractivity contribution is -0.0276. The van der Waals surface area contributed by atoms with E-state index in [1.807, 2.05) is 7.11 Å². The molecule has 0 spiro atoms. The zero-order valence-corrected chi connectivity index (χ0v) is 15.9. The van der Waals surface area contributed by atoms with Crippen molar-refractivity contribution in [3.63, 3.8) is 0 Å². The number of allylic oxidation sites excluding steroid dienone is 3. The minimum Gasteiger partial charge on any atom is -0.501 e. The van der Waals surface area contributed by atoms with Crippen LogP contribution in [0, 0.1) is 28.6 Å². The highest BCUT2D eigenvalue weighted by Gasteiger charge is 2.57. The van der Waals surface area contributed by atoms with Crippen LogP contribution in [0.3, 0.4) is 0 Å².